The highest BCUT2D eigenvalue weighted by molar-refractivity contribution is 5.66. The molecular formula is C16H17N5. The van der Waals surface area contributed by atoms with Crippen LogP contribution in [0.4, 0.5) is 11.5 Å². The van der Waals surface area contributed by atoms with Crippen molar-refractivity contribution < 1.29 is 0 Å². The molecule has 5 heteroatoms. The van der Waals surface area contributed by atoms with Gasteiger partial charge in [0, 0.05) is 11.3 Å². The molecule has 2 aromatic heterocycles. The smallest absolute Gasteiger partial charge is 0.256 e. The van der Waals surface area contributed by atoms with Crippen molar-refractivity contribution in [3.05, 3.63) is 46.9 Å². The van der Waals surface area contributed by atoms with E-state index in [9.17, 15) is 0 Å². The van der Waals surface area contributed by atoms with E-state index >= 15 is 0 Å². The second-order valence-corrected chi connectivity index (χ2v) is 5.68. The fourth-order valence-corrected chi connectivity index (χ4v) is 3.05. The number of anilines is 2. The number of rotatable bonds is 2. The highest BCUT2D eigenvalue weighted by atomic mass is 15.3. The summed E-state index contributed by atoms with van der Waals surface area (Å²) in [6.45, 7) is 4.24. The summed E-state index contributed by atoms with van der Waals surface area (Å²) in [5, 5.41) is 11.7. The molecule has 21 heavy (non-hydrogen) atoms. The van der Waals surface area contributed by atoms with Gasteiger partial charge in [0.15, 0.2) is 0 Å². The standard InChI is InChI=1S/C16H17N5/c1-10-6-7-13(11(2)8-10)18-15-12-4-3-5-14(12)19-16-20-17-9-21(15)16/h6-9,18H,3-5H2,1-2H3. The molecule has 5 nitrogen and oxygen atoms in total. The maximum Gasteiger partial charge on any atom is 0.256 e. The van der Waals surface area contributed by atoms with E-state index in [1.54, 1.807) is 6.33 Å². The molecule has 1 N–H and O–H groups in total. The van der Waals surface area contributed by atoms with Gasteiger partial charge < -0.3 is 5.32 Å². The molecule has 1 aliphatic carbocycles. The number of benzene rings is 1. The number of hydrogen-bond donors (Lipinski definition) is 1. The van der Waals surface area contributed by atoms with Gasteiger partial charge in [-0.15, -0.1) is 10.2 Å². The molecule has 0 aliphatic heterocycles. The van der Waals surface area contributed by atoms with E-state index in [0.717, 1.165) is 36.5 Å². The quantitative estimate of drug-likeness (QED) is 0.783. The Labute approximate surface area is 123 Å². The highest BCUT2D eigenvalue weighted by Crippen LogP contribution is 2.31. The van der Waals surface area contributed by atoms with Crippen molar-refractivity contribution in [2.24, 2.45) is 0 Å². The minimum Gasteiger partial charge on any atom is -0.341 e. The Balaban J connectivity index is 1.88. The van der Waals surface area contributed by atoms with Crippen LogP contribution in [0.2, 0.25) is 0 Å². The molecule has 106 valence electrons. The minimum absolute atomic E-state index is 0.669. The normalized spacial score (nSPS) is 13.6. The van der Waals surface area contributed by atoms with Crippen molar-refractivity contribution >= 4 is 17.3 Å². The molecule has 0 saturated carbocycles. The monoisotopic (exact) mass is 279 g/mol. The lowest BCUT2D eigenvalue weighted by atomic mass is 10.1. The van der Waals surface area contributed by atoms with E-state index in [2.05, 4.69) is 52.5 Å². The van der Waals surface area contributed by atoms with Gasteiger partial charge in [0.2, 0.25) is 0 Å². The maximum absolute atomic E-state index is 4.60. The van der Waals surface area contributed by atoms with Crippen molar-refractivity contribution in [1.29, 1.82) is 0 Å². The van der Waals surface area contributed by atoms with Crippen LogP contribution in [0, 0.1) is 13.8 Å². The average Bonchev–Trinajstić information content (AvgIpc) is 3.09. The van der Waals surface area contributed by atoms with Crippen LogP contribution in [-0.4, -0.2) is 19.6 Å². The first-order valence-corrected chi connectivity index (χ1v) is 7.28. The van der Waals surface area contributed by atoms with E-state index in [1.807, 2.05) is 4.40 Å². The van der Waals surface area contributed by atoms with Gasteiger partial charge in [0.25, 0.3) is 5.78 Å². The summed E-state index contributed by atoms with van der Waals surface area (Å²) in [5.41, 5.74) is 6.08. The predicted octanol–water partition coefficient (Wildman–Crippen LogP) is 2.97. The Kier molecular flexibility index (Phi) is 2.67. The average molecular weight is 279 g/mol. The van der Waals surface area contributed by atoms with E-state index < -0.39 is 0 Å². The van der Waals surface area contributed by atoms with Crippen LogP contribution in [0.3, 0.4) is 0 Å². The lowest BCUT2D eigenvalue weighted by Crippen LogP contribution is -2.06. The molecule has 0 saturated heterocycles. The molecular weight excluding hydrogens is 262 g/mol. The molecule has 0 bridgehead atoms. The molecule has 4 rings (SSSR count). The second kappa shape index (κ2) is 4.55. The van der Waals surface area contributed by atoms with E-state index in [1.165, 1.54) is 16.7 Å². The predicted molar refractivity (Wildman–Crippen MR) is 82.0 cm³/mol. The van der Waals surface area contributed by atoms with Crippen LogP contribution in [0.1, 0.15) is 28.8 Å². The molecule has 0 unspecified atom stereocenters. The van der Waals surface area contributed by atoms with E-state index in [0.29, 0.717) is 5.78 Å². The van der Waals surface area contributed by atoms with E-state index in [4.69, 9.17) is 0 Å². The summed E-state index contributed by atoms with van der Waals surface area (Å²) in [6.07, 6.45) is 4.97. The third kappa shape index (κ3) is 1.96. The van der Waals surface area contributed by atoms with Crippen LogP contribution >= 0.6 is 0 Å². The molecule has 0 amide bonds. The molecule has 2 heterocycles. The summed E-state index contributed by atoms with van der Waals surface area (Å²) in [4.78, 5) is 4.60. The Morgan fingerprint density at radius 3 is 2.95 bits per heavy atom. The lowest BCUT2D eigenvalue weighted by molar-refractivity contribution is 0.900. The fourth-order valence-electron chi connectivity index (χ4n) is 3.05. The number of aryl methyl sites for hydroxylation is 3. The van der Waals surface area contributed by atoms with Gasteiger partial charge in [-0.25, -0.2) is 4.98 Å². The molecule has 0 fully saturated rings. The fraction of sp³-hybridized carbons (Fsp3) is 0.312. The highest BCUT2D eigenvalue weighted by Gasteiger charge is 2.20. The van der Waals surface area contributed by atoms with Gasteiger partial charge in [-0.05, 0) is 44.7 Å². The zero-order valence-electron chi connectivity index (χ0n) is 12.2. The number of nitrogens with zero attached hydrogens (tertiary/aromatic N) is 4. The van der Waals surface area contributed by atoms with Gasteiger partial charge in [-0.2, -0.15) is 0 Å². The van der Waals surface area contributed by atoms with Crippen molar-refractivity contribution in [3.8, 4) is 0 Å². The van der Waals surface area contributed by atoms with Crippen molar-refractivity contribution in [2.75, 3.05) is 5.32 Å². The van der Waals surface area contributed by atoms with Gasteiger partial charge >= 0.3 is 0 Å². The summed E-state index contributed by atoms with van der Waals surface area (Å²) in [7, 11) is 0. The summed E-state index contributed by atoms with van der Waals surface area (Å²) in [6, 6.07) is 6.44. The van der Waals surface area contributed by atoms with Crippen LogP contribution in [-0.2, 0) is 12.8 Å². The van der Waals surface area contributed by atoms with Crippen LogP contribution < -0.4 is 5.32 Å². The largest absolute Gasteiger partial charge is 0.341 e. The van der Waals surface area contributed by atoms with E-state index in [-0.39, 0.29) is 0 Å². The topological polar surface area (TPSA) is 55.1 Å². The molecule has 1 aliphatic rings. The number of nitrogens with one attached hydrogen (secondary N) is 1. The molecule has 0 radical (unpaired) electrons. The van der Waals surface area contributed by atoms with Gasteiger partial charge in [-0.1, -0.05) is 17.7 Å². The number of hydrogen-bond acceptors (Lipinski definition) is 4. The number of aromatic nitrogens is 4. The SMILES string of the molecule is Cc1ccc(Nc2c3c(nc4nncn24)CCC3)c(C)c1. The maximum atomic E-state index is 4.60. The molecule has 0 atom stereocenters. The van der Waals surface area contributed by atoms with Crippen LogP contribution in [0.5, 0.6) is 0 Å². The number of fused-ring (bicyclic) bond motifs is 2. The van der Waals surface area contributed by atoms with Crippen molar-refractivity contribution in [2.45, 2.75) is 33.1 Å². The lowest BCUT2D eigenvalue weighted by Gasteiger charge is -2.15. The summed E-state index contributed by atoms with van der Waals surface area (Å²) in [5.74, 6) is 1.73. The first-order chi connectivity index (χ1) is 10.2. The third-order valence-electron chi connectivity index (χ3n) is 4.12. The zero-order chi connectivity index (χ0) is 14.4. The first-order valence-electron chi connectivity index (χ1n) is 7.28. The van der Waals surface area contributed by atoms with Gasteiger partial charge in [0.05, 0.1) is 5.69 Å². The minimum atomic E-state index is 0.669. The first kappa shape index (κ1) is 12.3. The van der Waals surface area contributed by atoms with Crippen molar-refractivity contribution in [1.82, 2.24) is 19.6 Å². The summed E-state index contributed by atoms with van der Waals surface area (Å²) >= 11 is 0. The Bertz CT molecular complexity index is 834. The second-order valence-electron chi connectivity index (χ2n) is 5.68. The Morgan fingerprint density at radius 2 is 2.10 bits per heavy atom. The van der Waals surface area contributed by atoms with Crippen LogP contribution in [0.25, 0.3) is 5.78 Å². The third-order valence-corrected chi connectivity index (χ3v) is 4.12. The molecule has 1 aromatic carbocycles. The Morgan fingerprint density at radius 1 is 1.19 bits per heavy atom. The van der Waals surface area contributed by atoms with Gasteiger partial charge in [-0.3, -0.25) is 4.40 Å². The van der Waals surface area contributed by atoms with Crippen molar-refractivity contribution in [3.63, 3.8) is 0 Å². The van der Waals surface area contributed by atoms with Crippen LogP contribution in [0.15, 0.2) is 24.5 Å². The zero-order valence-corrected chi connectivity index (χ0v) is 12.2. The van der Waals surface area contributed by atoms with Gasteiger partial charge in [0.1, 0.15) is 12.1 Å². The summed E-state index contributed by atoms with van der Waals surface area (Å²) < 4.78 is 1.95. The molecule has 3 aromatic rings. The molecule has 0 spiro atoms. The Hall–Kier alpha value is -2.43.